The van der Waals surface area contributed by atoms with Gasteiger partial charge in [-0.3, -0.25) is 4.79 Å². The third-order valence-electron chi connectivity index (χ3n) is 4.33. The highest BCUT2D eigenvalue weighted by atomic mass is 16.1. The average Bonchev–Trinajstić information content (AvgIpc) is 3.10. The lowest BCUT2D eigenvalue weighted by Gasteiger charge is -2.39. The minimum atomic E-state index is -0.387. The van der Waals surface area contributed by atoms with E-state index >= 15 is 0 Å². The van der Waals surface area contributed by atoms with E-state index in [1.54, 1.807) is 0 Å². The van der Waals surface area contributed by atoms with Crippen LogP contribution in [0, 0.1) is 11.8 Å². The Kier molecular flexibility index (Phi) is 3.53. The molecule has 2 rings (SSSR count). The second-order valence-electron chi connectivity index (χ2n) is 5.64. The molecule has 3 N–H and O–H groups in total. The highest BCUT2D eigenvalue weighted by molar-refractivity contribution is 5.84. The number of carbonyl (C=O) groups is 1. The van der Waals surface area contributed by atoms with Crippen LogP contribution in [0.3, 0.4) is 0 Å². The first kappa shape index (κ1) is 11.9. The van der Waals surface area contributed by atoms with Crippen LogP contribution in [0.1, 0.15) is 51.9 Å². The molecule has 2 atom stereocenters. The van der Waals surface area contributed by atoms with E-state index in [-0.39, 0.29) is 11.4 Å². The van der Waals surface area contributed by atoms with Gasteiger partial charge in [0.2, 0.25) is 5.91 Å². The lowest BCUT2D eigenvalue weighted by Crippen LogP contribution is -2.58. The summed E-state index contributed by atoms with van der Waals surface area (Å²) in [5.74, 6) is 1.34. The Bertz CT molecular complexity index is 263. The van der Waals surface area contributed by atoms with E-state index in [1.165, 1.54) is 25.7 Å². The Morgan fingerprint density at radius 3 is 2.69 bits per heavy atom. The van der Waals surface area contributed by atoms with E-state index in [0.717, 1.165) is 31.7 Å². The highest BCUT2D eigenvalue weighted by Crippen LogP contribution is 2.35. The van der Waals surface area contributed by atoms with Gasteiger partial charge in [-0.1, -0.05) is 26.2 Å². The summed E-state index contributed by atoms with van der Waals surface area (Å²) in [6.45, 7) is 3.20. The van der Waals surface area contributed by atoms with Gasteiger partial charge in [0.1, 0.15) is 0 Å². The van der Waals surface area contributed by atoms with Gasteiger partial charge in [-0.15, -0.1) is 0 Å². The van der Waals surface area contributed by atoms with E-state index < -0.39 is 0 Å². The van der Waals surface area contributed by atoms with Crippen molar-refractivity contribution in [2.24, 2.45) is 17.6 Å². The molecule has 0 aromatic rings. The molecule has 0 saturated heterocycles. The van der Waals surface area contributed by atoms with Crippen LogP contribution in [0.4, 0.5) is 0 Å². The van der Waals surface area contributed by atoms with Crippen molar-refractivity contribution in [1.82, 2.24) is 5.32 Å². The summed E-state index contributed by atoms with van der Waals surface area (Å²) < 4.78 is 0. The monoisotopic (exact) mass is 224 g/mol. The number of carbonyl (C=O) groups excluding carboxylic acids is 1. The molecule has 0 aromatic carbocycles. The lowest BCUT2D eigenvalue weighted by molar-refractivity contribution is -0.126. The zero-order chi connectivity index (χ0) is 11.6. The summed E-state index contributed by atoms with van der Waals surface area (Å²) in [6, 6.07) is 0. The van der Waals surface area contributed by atoms with Crippen molar-refractivity contribution in [1.29, 1.82) is 0 Å². The van der Waals surface area contributed by atoms with Crippen molar-refractivity contribution in [2.75, 3.05) is 6.54 Å². The largest absolute Gasteiger partial charge is 0.368 e. The fourth-order valence-corrected chi connectivity index (χ4v) is 2.87. The van der Waals surface area contributed by atoms with Gasteiger partial charge in [-0.05, 0) is 44.1 Å². The Morgan fingerprint density at radius 1 is 1.38 bits per heavy atom. The molecule has 0 spiro atoms. The molecule has 0 aliphatic heterocycles. The average molecular weight is 224 g/mol. The Hall–Kier alpha value is -0.570. The van der Waals surface area contributed by atoms with Crippen LogP contribution < -0.4 is 11.1 Å². The first-order chi connectivity index (χ1) is 7.66. The predicted molar refractivity (Wildman–Crippen MR) is 64.9 cm³/mol. The smallest absolute Gasteiger partial charge is 0.237 e. The minimum absolute atomic E-state index is 0.133. The van der Waals surface area contributed by atoms with E-state index in [1.807, 2.05) is 0 Å². The maximum Gasteiger partial charge on any atom is 0.237 e. The van der Waals surface area contributed by atoms with Crippen molar-refractivity contribution in [3.63, 3.8) is 0 Å². The van der Waals surface area contributed by atoms with Crippen molar-refractivity contribution in [2.45, 2.75) is 57.4 Å². The number of nitrogens with two attached hydrogens (primary N) is 1. The Morgan fingerprint density at radius 2 is 2.12 bits per heavy atom. The molecule has 2 aliphatic carbocycles. The first-order valence-corrected chi connectivity index (χ1v) is 6.71. The number of rotatable bonds is 5. The van der Waals surface area contributed by atoms with E-state index in [4.69, 9.17) is 5.73 Å². The van der Waals surface area contributed by atoms with Crippen molar-refractivity contribution in [3.05, 3.63) is 0 Å². The summed E-state index contributed by atoms with van der Waals surface area (Å²) in [4.78, 5) is 11.7. The molecule has 3 heteroatoms. The van der Waals surface area contributed by atoms with Gasteiger partial charge in [0.15, 0.2) is 0 Å². The molecule has 0 bridgehead atoms. The van der Waals surface area contributed by atoms with Crippen molar-refractivity contribution < 1.29 is 4.79 Å². The number of primary amides is 1. The summed E-state index contributed by atoms with van der Waals surface area (Å²) in [7, 11) is 0. The van der Waals surface area contributed by atoms with Crippen LogP contribution in [0.15, 0.2) is 0 Å². The Labute approximate surface area is 98.2 Å². The molecule has 1 amide bonds. The minimum Gasteiger partial charge on any atom is -0.368 e. The first-order valence-electron chi connectivity index (χ1n) is 6.71. The molecule has 3 nitrogen and oxygen atoms in total. The zero-order valence-electron chi connectivity index (χ0n) is 10.3. The number of amides is 1. The number of hydrogen-bond donors (Lipinski definition) is 2. The van der Waals surface area contributed by atoms with Gasteiger partial charge in [0.25, 0.3) is 0 Å². The summed E-state index contributed by atoms with van der Waals surface area (Å²) >= 11 is 0. The molecule has 2 saturated carbocycles. The van der Waals surface area contributed by atoms with Crippen LogP contribution in [0.5, 0.6) is 0 Å². The zero-order valence-corrected chi connectivity index (χ0v) is 10.3. The summed E-state index contributed by atoms with van der Waals surface area (Å²) in [5, 5.41) is 3.49. The van der Waals surface area contributed by atoms with Gasteiger partial charge in [-0.25, -0.2) is 0 Å². The van der Waals surface area contributed by atoms with Crippen molar-refractivity contribution >= 4 is 5.91 Å². The molecule has 92 valence electrons. The van der Waals surface area contributed by atoms with Crippen LogP contribution in [0.25, 0.3) is 0 Å². The number of hydrogen-bond acceptors (Lipinski definition) is 2. The molecule has 2 aliphatic rings. The number of nitrogens with one attached hydrogen (secondary N) is 1. The fourth-order valence-electron chi connectivity index (χ4n) is 2.87. The molecule has 2 fully saturated rings. The van der Waals surface area contributed by atoms with E-state index in [0.29, 0.717) is 5.92 Å². The molecular formula is C13H24N2O. The topological polar surface area (TPSA) is 55.1 Å². The third kappa shape index (κ3) is 2.57. The maximum absolute atomic E-state index is 11.7. The fraction of sp³-hybridized carbons (Fsp3) is 0.923. The third-order valence-corrected chi connectivity index (χ3v) is 4.33. The molecule has 0 radical (unpaired) electrons. The van der Waals surface area contributed by atoms with Gasteiger partial charge < -0.3 is 11.1 Å². The van der Waals surface area contributed by atoms with Crippen LogP contribution >= 0.6 is 0 Å². The van der Waals surface area contributed by atoms with Crippen LogP contribution in [0.2, 0.25) is 0 Å². The van der Waals surface area contributed by atoms with Gasteiger partial charge in [0, 0.05) is 0 Å². The van der Waals surface area contributed by atoms with Crippen molar-refractivity contribution in [3.8, 4) is 0 Å². The van der Waals surface area contributed by atoms with E-state index in [2.05, 4.69) is 12.2 Å². The summed E-state index contributed by atoms with van der Waals surface area (Å²) in [6.07, 6.45) is 8.09. The summed E-state index contributed by atoms with van der Waals surface area (Å²) in [5.41, 5.74) is 5.24. The van der Waals surface area contributed by atoms with Crippen LogP contribution in [-0.4, -0.2) is 18.0 Å². The highest BCUT2D eigenvalue weighted by Gasteiger charge is 2.41. The van der Waals surface area contributed by atoms with Gasteiger partial charge in [-0.2, -0.15) is 0 Å². The molecule has 0 heterocycles. The van der Waals surface area contributed by atoms with E-state index in [9.17, 15) is 4.79 Å². The SMILES string of the molecule is CCC1CCCC(NCC2CC2)(C(N)=O)C1. The molecule has 2 unspecified atom stereocenters. The second-order valence-corrected chi connectivity index (χ2v) is 5.64. The van der Waals surface area contributed by atoms with Gasteiger partial charge in [0.05, 0.1) is 5.54 Å². The maximum atomic E-state index is 11.7. The quantitative estimate of drug-likeness (QED) is 0.748. The standard InChI is InChI=1S/C13H24N2O/c1-2-10-4-3-7-13(8-10,12(14)16)15-9-11-5-6-11/h10-11,15H,2-9H2,1H3,(H2,14,16). The second kappa shape index (κ2) is 4.74. The normalized spacial score (nSPS) is 34.9. The lowest BCUT2D eigenvalue weighted by atomic mass is 9.74. The van der Waals surface area contributed by atoms with Gasteiger partial charge >= 0.3 is 0 Å². The molecule has 16 heavy (non-hydrogen) atoms. The molecular weight excluding hydrogens is 200 g/mol. The Balaban J connectivity index is 1.97. The molecule has 0 aromatic heterocycles. The predicted octanol–water partition coefficient (Wildman–Crippen LogP) is 1.81. The van der Waals surface area contributed by atoms with Crippen LogP contribution in [-0.2, 0) is 4.79 Å².